The lowest BCUT2D eigenvalue weighted by atomic mass is 10.1. The molecule has 106 valence electrons. The van der Waals surface area contributed by atoms with E-state index >= 15 is 0 Å². The predicted octanol–water partition coefficient (Wildman–Crippen LogP) is 2.27. The van der Waals surface area contributed by atoms with Crippen molar-refractivity contribution in [3.63, 3.8) is 0 Å². The predicted molar refractivity (Wildman–Crippen MR) is 71.6 cm³/mol. The van der Waals surface area contributed by atoms with Crippen molar-refractivity contribution in [1.82, 2.24) is 9.80 Å². The first-order chi connectivity index (χ1) is 8.22. The summed E-state index contributed by atoms with van der Waals surface area (Å²) in [4.78, 5) is 26.2. The van der Waals surface area contributed by atoms with Gasteiger partial charge in [-0.3, -0.25) is 4.79 Å². The van der Waals surface area contributed by atoms with Crippen molar-refractivity contribution in [3.05, 3.63) is 0 Å². The number of carbonyl (C=O) groups is 2. The molecule has 2 amide bonds. The lowest BCUT2D eigenvalue weighted by molar-refractivity contribution is -0.138. The van der Waals surface area contributed by atoms with Crippen LogP contribution in [0.4, 0.5) is 4.79 Å². The zero-order chi connectivity index (χ0) is 14.5. The summed E-state index contributed by atoms with van der Waals surface area (Å²) < 4.78 is 0. The minimum absolute atomic E-state index is 0.0737. The second-order valence-corrected chi connectivity index (χ2v) is 5.16. The molecule has 18 heavy (non-hydrogen) atoms. The first-order valence-electron chi connectivity index (χ1n) is 6.47. The van der Waals surface area contributed by atoms with Crippen molar-refractivity contribution in [2.24, 2.45) is 5.92 Å². The first-order valence-corrected chi connectivity index (χ1v) is 6.47. The Morgan fingerprint density at radius 1 is 1.17 bits per heavy atom. The van der Waals surface area contributed by atoms with Crippen molar-refractivity contribution >= 4 is 12.0 Å². The molecule has 0 aliphatic heterocycles. The number of carboxylic acid groups (broad SMARTS) is 1. The summed E-state index contributed by atoms with van der Waals surface area (Å²) in [6.45, 7) is 9.62. The Hall–Kier alpha value is -1.26. The number of carboxylic acids is 1. The molecule has 0 fully saturated rings. The van der Waals surface area contributed by atoms with E-state index in [1.807, 2.05) is 34.6 Å². The molecule has 0 bridgehead atoms. The highest BCUT2D eigenvalue weighted by Crippen LogP contribution is 2.13. The van der Waals surface area contributed by atoms with Gasteiger partial charge in [-0.25, -0.2) is 4.79 Å². The zero-order valence-electron chi connectivity index (χ0n) is 12.3. The third-order valence-electron chi connectivity index (χ3n) is 3.55. The van der Waals surface area contributed by atoms with Crippen LogP contribution in [-0.2, 0) is 4.79 Å². The maximum absolute atomic E-state index is 12.3. The van der Waals surface area contributed by atoms with Crippen molar-refractivity contribution < 1.29 is 14.7 Å². The van der Waals surface area contributed by atoms with Crippen LogP contribution < -0.4 is 0 Å². The normalized spacial score (nSPS) is 14.2. The number of urea groups is 1. The van der Waals surface area contributed by atoms with Gasteiger partial charge in [0.1, 0.15) is 6.54 Å². The molecule has 5 heteroatoms. The van der Waals surface area contributed by atoms with Gasteiger partial charge >= 0.3 is 12.0 Å². The molecule has 0 aromatic heterocycles. The Balaban J connectivity index is 4.89. The van der Waals surface area contributed by atoms with E-state index < -0.39 is 5.97 Å². The fourth-order valence-electron chi connectivity index (χ4n) is 1.60. The van der Waals surface area contributed by atoms with Crippen LogP contribution in [-0.4, -0.2) is 52.6 Å². The second kappa shape index (κ2) is 7.24. The Morgan fingerprint density at radius 3 is 2.00 bits per heavy atom. The van der Waals surface area contributed by atoms with Crippen molar-refractivity contribution in [2.75, 3.05) is 13.6 Å². The van der Waals surface area contributed by atoms with E-state index in [-0.39, 0.29) is 24.7 Å². The molecule has 0 spiro atoms. The molecule has 0 aliphatic carbocycles. The lowest BCUT2D eigenvalue weighted by Gasteiger charge is -2.35. The van der Waals surface area contributed by atoms with E-state index in [4.69, 9.17) is 5.11 Å². The highest BCUT2D eigenvalue weighted by Gasteiger charge is 2.27. The van der Waals surface area contributed by atoms with Gasteiger partial charge in [-0.15, -0.1) is 0 Å². The summed E-state index contributed by atoms with van der Waals surface area (Å²) in [5.41, 5.74) is 0. The van der Waals surface area contributed by atoms with Crippen LogP contribution in [0.5, 0.6) is 0 Å². The molecule has 2 unspecified atom stereocenters. The summed E-state index contributed by atoms with van der Waals surface area (Å²) in [7, 11) is 1.73. The summed E-state index contributed by atoms with van der Waals surface area (Å²) >= 11 is 0. The summed E-state index contributed by atoms with van der Waals surface area (Å²) in [5, 5.41) is 8.89. The van der Waals surface area contributed by atoms with Gasteiger partial charge in [-0.1, -0.05) is 20.8 Å². The number of hydrogen-bond acceptors (Lipinski definition) is 2. The van der Waals surface area contributed by atoms with E-state index in [9.17, 15) is 9.59 Å². The van der Waals surface area contributed by atoms with Crippen LogP contribution in [0.1, 0.15) is 41.0 Å². The highest BCUT2D eigenvalue weighted by atomic mass is 16.4. The van der Waals surface area contributed by atoms with Crippen LogP contribution in [0.15, 0.2) is 0 Å². The maximum atomic E-state index is 12.3. The van der Waals surface area contributed by atoms with Gasteiger partial charge in [0.2, 0.25) is 0 Å². The van der Waals surface area contributed by atoms with E-state index in [1.54, 1.807) is 11.9 Å². The average molecular weight is 258 g/mol. The van der Waals surface area contributed by atoms with Crippen LogP contribution in [0, 0.1) is 5.92 Å². The smallest absolute Gasteiger partial charge is 0.323 e. The lowest BCUT2D eigenvalue weighted by Crippen LogP contribution is -2.51. The van der Waals surface area contributed by atoms with E-state index in [1.165, 1.54) is 4.90 Å². The topological polar surface area (TPSA) is 60.9 Å². The van der Waals surface area contributed by atoms with Crippen LogP contribution >= 0.6 is 0 Å². The minimum Gasteiger partial charge on any atom is -0.480 e. The Kier molecular flexibility index (Phi) is 6.73. The van der Waals surface area contributed by atoms with E-state index in [2.05, 4.69) is 0 Å². The monoisotopic (exact) mass is 258 g/mol. The first kappa shape index (κ1) is 16.7. The SMILES string of the molecule is CCC(C)N(CC(=O)O)C(=O)N(C)C(C)C(C)C. The van der Waals surface area contributed by atoms with Gasteiger partial charge in [-0.05, 0) is 26.2 Å². The zero-order valence-corrected chi connectivity index (χ0v) is 12.3. The number of hydrogen-bond donors (Lipinski definition) is 1. The molecular weight excluding hydrogens is 232 g/mol. The van der Waals surface area contributed by atoms with Crippen molar-refractivity contribution in [2.45, 2.75) is 53.1 Å². The Bertz CT molecular complexity index is 292. The largest absolute Gasteiger partial charge is 0.480 e. The van der Waals surface area contributed by atoms with Gasteiger partial charge in [0.05, 0.1) is 0 Å². The highest BCUT2D eigenvalue weighted by molar-refractivity contribution is 5.80. The van der Waals surface area contributed by atoms with Gasteiger partial charge in [-0.2, -0.15) is 0 Å². The number of carbonyl (C=O) groups excluding carboxylic acids is 1. The number of amides is 2. The van der Waals surface area contributed by atoms with Crippen LogP contribution in [0.25, 0.3) is 0 Å². The average Bonchev–Trinajstić information content (AvgIpc) is 2.31. The quantitative estimate of drug-likeness (QED) is 0.795. The third kappa shape index (κ3) is 4.55. The molecule has 0 aromatic carbocycles. The van der Waals surface area contributed by atoms with Gasteiger partial charge in [0.15, 0.2) is 0 Å². The van der Waals surface area contributed by atoms with E-state index in [0.29, 0.717) is 5.92 Å². The molecular formula is C13H26N2O3. The molecule has 0 aromatic rings. The number of aliphatic carboxylic acids is 1. The summed E-state index contributed by atoms with van der Waals surface area (Å²) in [5.74, 6) is -0.642. The number of nitrogens with zero attached hydrogens (tertiary/aromatic N) is 2. The fourth-order valence-corrected chi connectivity index (χ4v) is 1.60. The fraction of sp³-hybridized carbons (Fsp3) is 0.846. The van der Waals surface area contributed by atoms with Crippen molar-refractivity contribution in [3.8, 4) is 0 Å². The molecule has 0 aliphatic rings. The molecule has 0 rings (SSSR count). The third-order valence-corrected chi connectivity index (χ3v) is 3.55. The Morgan fingerprint density at radius 2 is 1.67 bits per heavy atom. The van der Waals surface area contributed by atoms with Gasteiger partial charge in [0, 0.05) is 19.1 Å². The molecule has 1 N–H and O–H groups in total. The molecule has 0 radical (unpaired) electrons. The molecule has 5 nitrogen and oxygen atoms in total. The summed E-state index contributed by atoms with van der Waals surface area (Å²) in [6.07, 6.45) is 0.739. The Labute approximate surface area is 110 Å². The molecule has 0 heterocycles. The van der Waals surface area contributed by atoms with Crippen molar-refractivity contribution in [1.29, 1.82) is 0 Å². The molecule has 0 saturated carbocycles. The maximum Gasteiger partial charge on any atom is 0.323 e. The van der Waals surface area contributed by atoms with Gasteiger partial charge in [0.25, 0.3) is 0 Å². The van der Waals surface area contributed by atoms with E-state index in [0.717, 1.165) is 6.42 Å². The molecule has 2 atom stereocenters. The summed E-state index contributed by atoms with van der Waals surface area (Å²) in [6, 6.07) is -0.207. The standard InChI is InChI=1S/C13H26N2O3/c1-7-10(4)15(8-12(16)17)13(18)14(6)11(5)9(2)3/h9-11H,7-8H2,1-6H3,(H,16,17). The number of rotatable bonds is 6. The van der Waals surface area contributed by atoms with Crippen LogP contribution in [0.3, 0.4) is 0 Å². The van der Waals surface area contributed by atoms with Crippen LogP contribution in [0.2, 0.25) is 0 Å². The molecule has 0 saturated heterocycles. The second-order valence-electron chi connectivity index (χ2n) is 5.16. The minimum atomic E-state index is -0.978. The van der Waals surface area contributed by atoms with Gasteiger partial charge < -0.3 is 14.9 Å².